The first-order valence-electron chi connectivity index (χ1n) is 8.03. The number of allylic oxidation sites excluding steroid dienone is 4. The summed E-state index contributed by atoms with van der Waals surface area (Å²) in [6, 6.07) is 8.07. The Morgan fingerprint density at radius 2 is 1.77 bits per heavy atom. The molecule has 1 aromatic carbocycles. The van der Waals surface area contributed by atoms with Crippen molar-refractivity contribution in [3.05, 3.63) is 47.1 Å². The predicted molar refractivity (Wildman–Crippen MR) is 92.0 cm³/mol. The van der Waals surface area contributed by atoms with Crippen molar-refractivity contribution in [3.63, 3.8) is 0 Å². The number of ketones is 1. The van der Waals surface area contributed by atoms with E-state index in [1.165, 1.54) is 11.1 Å². The van der Waals surface area contributed by atoms with Gasteiger partial charge in [-0.15, -0.1) is 0 Å². The largest absolute Gasteiger partial charge is 0.488 e. The molecule has 1 aliphatic rings. The lowest BCUT2D eigenvalue weighted by Gasteiger charge is -2.22. The molecule has 0 radical (unpaired) electrons. The molecule has 0 unspecified atom stereocenters. The Morgan fingerprint density at radius 3 is 2.32 bits per heavy atom. The maximum Gasteiger partial charge on any atom is 0.156 e. The van der Waals surface area contributed by atoms with Crippen LogP contribution in [0.3, 0.4) is 0 Å². The van der Waals surface area contributed by atoms with Crippen LogP contribution in [0.2, 0.25) is 0 Å². The van der Waals surface area contributed by atoms with Gasteiger partial charge in [-0.3, -0.25) is 4.79 Å². The van der Waals surface area contributed by atoms with Crippen molar-refractivity contribution in [2.75, 3.05) is 0 Å². The Bertz CT molecular complexity index is 610. The van der Waals surface area contributed by atoms with Crippen LogP contribution in [0.15, 0.2) is 41.5 Å². The van der Waals surface area contributed by atoms with E-state index >= 15 is 0 Å². The molecule has 22 heavy (non-hydrogen) atoms. The highest BCUT2D eigenvalue weighted by molar-refractivity contribution is 6.03. The van der Waals surface area contributed by atoms with Gasteiger partial charge in [-0.05, 0) is 75.5 Å². The Labute approximate surface area is 133 Å². The molecule has 0 fully saturated rings. The second kappa shape index (κ2) is 6.51. The zero-order valence-electron chi connectivity index (χ0n) is 14.3. The number of ether oxygens (including phenoxy) is 1. The van der Waals surface area contributed by atoms with Gasteiger partial charge in [0.1, 0.15) is 11.4 Å². The fraction of sp³-hybridized carbons (Fsp3) is 0.450. The lowest BCUT2D eigenvalue weighted by molar-refractivity contribution is -0.114. The lowest BCUT2D eigenvalue weighted by Crippen LogP contribution is -2.22. The molecule has 2 nitrogen and oxygen atoms in total. The van der Waals surface area contributed by atoms with Gasteiger partial charge in [0.15, 0.2) is 5.78 Å². The maximum absolute atomic E-state index is 11.8. The summed E-state index contributed by atoms with van der Waals surface area (Å²) in [5.41, 5.74) is 4.67. The molecule has 0 atom stereocenters. The minimum atomic E-state index is -0.203. The summed E-state index contributed by atoms with van der Waals surface area (Å²) < 4.78 is 5.86. The van der Waals surface area contributed by atoms with Crippen LogP contribution in [0.25, 0.3) is 5.57 Å². The highest BCUT2D eigenvalue weighted by atomic mass is 16.5. The van der Waals surface area contributed by atoms with Crippen LogP contribution in [-0.2, 0) is 4.79 Å². The topological polar surface area (TPSA) is 26.3 Å². The number of hydrogen-bond donors (Lipinski definition) is 0. The van der Waals surface area contributed by atoms with Crippen molar-refractivity contribution in [3.8, 4) is 5.75 Å². The van der Waals surface area contributed by atoms with Gasteiger partial charge < -0.3 is 4.74 Å². The highest BCUT2D eigenvalue weighted by Crippen LogP contribution is 2.34. The first kappa shape index (κ1) is 16.5. The van der Waals surface area contributed by atoms with Gasteiger partial charge >= 0.3 is 0 Å². The monoisotopic (exact) mass is 298 g/mol. The van der Waals surface area contributed by atoms with E-state index in [0.29, 0.717) is 6.42 Å². The van der Waals surface area contributed by atoms with E-state index in [-0.39, 0.29) is 11.4 Å². The molecule has 118 valence electrons. The third-order valence-corrected chi connectivity index (χ3v) is 3.89. The first-order valence-corrected chi connectivity index (χ1v) is 8.03. The van der Waals surface area contributed by atoms with Crippen LogP contribution >= 0.6 is 0 Å². The molecule has 1 aromatic rings. The van der Waals surface area contributed by atoms with Crippen molar-refractivity contribution in [1.29, 1.82) is 0 Å². The quantitative estimate of drug-likeness (QED) is 0.753. The van der Waals surface area contributed by atoms with Crippen LogP contribution in [0.5, 0.6) is 5.75 Å². The molecule has 0 saturated carbocycles. The molecule has 0 bridgehead atoms. The standard InChI is InChI=1S/C20H26O2/c1-6-14(2)18-12-9-16(21)13-19(18)15-7-10-17(11-8-15)22-20(3,4)5/h7-8,10-11,13H,6,9,12H2,1-5H3. The van der Waals surface area contributed by atoms with Crippen molar-refractivity contribution in [2.45, 2.75) is 59.5 Å². The van der Waals surface area contributed by atoms with Gasteiger partial charge in [0.2, 0.25) is 0 Å². The van der Waals surface area contributed by atoms with Crippen LogP contribution in [0.4, 0.5) is 0 Å². The van der Waals surface area contributed by atoms with E-state index in [4.69, 9.17) is 4.74 Å². The fourth-order valence-electron chi connectivity index (χ4n) is 2.67. The van der Waals surface area contributed by atoms with Crippen molar-refractivity contribution >= 4 is 11.4 Å². The summed E-state index contributed by atoms with van der Waals surface area (Å²) in [5.74, 6) is 1.08. The van der Waals surface area contributed by atoms with Crippen LogP contribution < -0.4 is 4.74 Å². The van der Waals surface area contributed by atoms with Gasteiger partial charge in [-0.2, -0.15) is 0 Å². The second-order valence-corrected chi connectivity index (χ2v) is 6.88. The third kappa shape index (κ3) is 4.09. The second-order valence-electron chi connectivity index (χ2n) is 6.88. The molecule has 0 amide bonds. The number of rotatable bonds is 3. The van der Waals surface area contributed by atoms with Crippen molar-refractivity contribution in [2.24, 2.45) is 0 Å². The molecule has 2 heteroatoms. The fourth-order valence-corrected chi connectivity index (χ4v) is 2.67. The summed E-state index contributed by atoms with van der Waals surface area (Å²) in [5, 5.41) is 0. The number of hydrogen-bond acceptors (Lipinski definition) is 2. The Balaban J connectivity index is 2.34. The number of carbonyl (C=O) groups is 1. The van der Waals surface area contributed by atoms with Gasteiger partial charge in [0.25, 0.3) is 0 Å². The first-order chi connectivity index (χ1) is 10.3. The summed E-state index contributed by atoms with van der Waals surface area (Å²) in [6.07, 6.45) is 4.30. The van der Waals surface area contributed by atoms with E-state index in [2.05, 4.69) is 26.0 Å². The molecule has 2 rings (SSSR count). The summed E-state index contributed by atoms with van der Waals surface area (Å²) in [7, 11) is 0. The third-order valence-electron chi connectivity index (χ3n) is 3.89. The number of carbonyl (C=O) groups excluding carboxylic acids is 1. The van der Waals surface area contributed by atoms with Gasteiger partial charge in [0, 0.05) is 6.42 Å². The molecule has 0 heterocycles. The van der Waals surface area contributed by atoms with Gasteiger partial charge in [-0.25, -0.2) is 0 Å². The Kier molecular flexibility index (Phi) is 4.90. The molecular weight excluding hydrogens is 272 g/mol. The van der Waals surface area contributed by atoms with Crippen LogP contribution in [0.1, 0.15) is 59.4 Å². The summed E-state index contributed by atoms with van der Waals surface area (Å²) in [4.78, 5) is 11.8. The predicted octanol–water partition coefficient (Wildman–Crippen LogP) is 5.34. The minimum absolute atomic E-state index is 0.203. The molecule has 0 N–H and O–H groups in total. The van der Waals surface area contributed by atoms with E-state index in [1.54, 1.807) is 6.08 Å². The summed E-state index contributed by atoms with van der Waals surface area (Å²) in [6.45, 7) is 10.4. The van der Waals surface area contributed by atoms with Crippen LogP contribution in [-0.4, -0.2) is 11.4 Å². The molecule has 1 aliphatic carbocycles. The van der Waals surface area contributed by atoms with Gasteiger partial charge in [-0.1, -0.05) is 24.6 Å². The summed E-state index contributed by atoms with van der Waals surface area (Å²) >= 11 is 0. The average Bonchev–Trinajstić information content (AvgIpc) is 2.45. The normalized spacial score (nSPS) is 18.0. The Morgan fingerprint density at radius 1 is 1.14 bits per heavy atom. The van der Waals surface area contributed by atoms with E-state index < -0.39 is 0 Å². The van der Waals surface area contributed by atoms with Gasteiger partial charge in [0.05, 0.1) is 0 Å². The average molecular weight is 298 g/mol. The molecule has 0 aromatic heterocycles. The van der Waals surface area contributed by atoms with Crippen molar-refractivity contribution in [1.82, 2.24) is 0 Å². The number of benzene rings is 1. The zero-order chi connectivity index (χ0) is 16.3. The van der Waals surface area contributed by atoms with E-state index in [9.17, 15) is 4.79 Å². The Hall–Kier alpha value is -1.83. The van der Waals surface area contributed by atoms with Crippen molar-refractivity contribution < 1.29 is 9.53 Å². The highest BCUT2D eigenvalue weighted by Gasteiger charge is 2.19. The molecule has 0 aliphatic heterocycles. The molecular formula is C20H26O2. The molecule has 0 spiro atoms. The van der Waals surface area contributed by atoms with E-state index in [1.807, 2.05) is 32.9 Å². The zero-order valence-corrected chi connectivity index (χ0v) is 14.3. The molecule has 0 saturated heterocycles. The lowest BCUT2D eigenvalue weighted by atomic mass is 9.85. The SMILES string of the molecule is CCC(C)=C1CCC(=O)C=C1c1ccc(OC(C)(C)C)cc1. The maximum atomic E-state index is 11.8. The van der Waals surface area contributed by atoms with Crippen LogP contribution in [0, 0.1) is 0 Å². The van der Waals surface area contributed by atoms with E-state index in [0.717, 1.165) is 29.7 Å². The minimum Gasteiger partial charge on any atom is -0.488 e. The smallest absolute Gasteiger partial charge is 0.156 e.